The Morgan fingerprint density at radius 2 is 2.24 bits per heavy atom. The number of ether oxygens (including phenoxy) is 2. The second-order valence-corrected chi connectivity index (χ2v) is 4.91. The smallest absolute Gasteiger partial charge is 0.232 e. The van der Waals surface area contributed by atoms with Crippen molar-refractivity contribution in [2.45, 2.75) is 0 Å². The van der Waals surface area contributed by atoms with Crippen LogP contribution in [0.2, 0.25) is 5.02 Å². The number of carbonyl (C=O) groups is 1. The highest BCUT2D eigenvalue weighted by Gasteiger charge is 2.17. The Morgan fingerprint density at radius 3 is 3.05 bits per heavy atom. The molecule has 108 valence electrons. The summed E-state index contributed by atoms with van der Waals surface area (Å²) in [6, 6.07) is 8.45. The third kappa shape index (κ3) is 2.64. The lowest BCUT2D eigenvalue weighted by Gasteiger charge is -2.19. The highest BCUT2D eigenvalue weighted by atomic mass is 35.5. The third-order valence-corrected chi connectivity index (χ3v) is 3.45. The summed E-state index contributed by atoms with van der Waals surface area (Å²) in [5.74, 6) is 0.702. The van der Waals surface area contributed by atoms with E-state index in [1.165, 1.54) is 7.11 Å². The van der Waals surface area contributed by atoms with Crippen LogP contribution < -0.4 is 14.8 Å². The van der Waals surface area contributed by atoms with Gasteiger partial charge in [0.05, 0.1) is 12.8 Å². The average Bonchev–Trinajstić information content (AvgIpc) is 2.54. The number of carbonyl (C=O) groups excluding carboxylic acids is 1. The van der Waals surface area contributed by atoms with Crippen molar-refractivity contribution < 1.29 is 14.3 Å². The number of anilines is 1. The monoisotopic (exact) mass is 304 g/mol. The molecule has 0 saturated heterocycles. The SMILES string of the molecule is COc1nc(C(=O)c2ccc3c(c2)OCCN3)ccc1Cl. The number of aromatic nitrogens is 1. The first kappa shape index (κ1) is 13.7. The maximum absolute atomic E-state index is 12.5. The van der Waals surface area contributed by atoms with Crippen molar-refractivity contribution in [1.82, 2.24) is 4.98 Å². The molecular formula is C15H13ClN2O3. The predicted octanol–water partition coefficient (Wildman–Crippen LogP) is 2.78. The Bertz CT molecular complexity index is 703. The van der Waals surface area contributed by atoms with Gasteiger partial charge in [0.15, 0.2) is 0 Å². The minimum Gasteiger partial charge on any atom is -0.490 e. The number of methoxy groups -OCH3 is 1. The first-order valence-corrected chi connectivity index (χ1v) is 6.83. The number of ketones is 1. The summed E-state index contributed by atoms with van der Waals surface area (Å²) in [5.41, 5.74) is 1.67. The molecule has 0 atom stereocenters. The highest BCUT2D eigenvalue weighted by Crippen LogP contribution is 2.29. The van der Waals surface area contributed by atoms with Crippen molar-refractivity contribution in [3.05, 3.63) is 46.6 Å². The minimum absolute atomic E-state index is 0.207. The molecule has 0 saturated carbocycles. The summed E-state index contributed by atoms with van der Waals surface area (Å²) in [5, 5.41) is 3.57. The van der Waals surface area contributed by atoms with Crippen molar-refractivity contribution in [3.8, 4) is 11.6 Å². The van der Waals surface area contributed by atoms with Gasteiger partial charge in [0.1, 0.15) is 23.1 Å². The Labute approximate surface area is 126 Å². The number of nitrogens with zero attached hydrogens (tertiary/aromatic N) is 1. The van der Waals surface area contributed by atoms with E-state index >= 15 is 0 Å². The number of benzene rings is 1. The average molecular weight is 305 g/mol. The van der Waals surface area contributed by atoms with Crippen LogP contribution in [0.25, 0.3) is 0 Å². The predicted molar refractivity (Wildman–Crippen MR) is 79.7 cm³/mol. The Morgan fingerprint density at radius 1 is 1.38 bits per heavy atom. The molecule has 0 aliphatic carbocycles. The van der Waals surface area contributed by atoms with Gasteiger partial charge in [-0.1, -0.05) is 11.6 Å². The minimum atomic E-state index is -0.207. The van der Waals surface area contributed by atoms with Gasteiger partial charge in [-0.3, -0.25) is 4.79 Å². The zero-order valence-electron chi connectivity index (χ0n) is 11.4. The molecule has 3 rings (SSSR count). The van der Waals surface area contributed by atoms with Crippen molar-refractivity contribution >= 4 is 23.1 Å². The Hall–Kier alpha value is -2.27. The molecule has 1 aromatic heterocycles. The van der Waals surface area contributed by atoms with E-state index in [0.717, 1.165) is 12.2 Å². The van der Waals surface area contributed by atoms with Crippen molar-refractivity contribution in [2.24, 2.45) is 0 Å². The first-order valence-electron chi connectivity index (χ1n) is 6.45. The van der Waals surface area contributed by atoms with Gasteiger partial charge in [-0.05, 0) is 30.3 Å². The van der Waals surface area contributed by atoms with E-state index in [1.807, 2.05) is 6.07 Å². The van der Waals surface area contributed by atoms with Gasteiger partial charge < -0.3 is 14.8 Å². The number of pyridine rings is 1. The van der Waals surface area contributed by atoms with E-state index in [0.29, 0.717) is 22.9 Å². The molecule has 21 heavy (non-hydrogen) atoms. The number of fused-ring (bicyclic) bond motifs is 1. The number of nitrogens with one attached hydrogen (secondary N) is 1. The maximum Gasteiger partial charge on any atom is 0.232 e. The van der Waals surface area contributed by atoms with Gasteiger partial charge in [-0.15, -0.1) is 0 Å². The Kier molecular flexibility index (Phi) is 3.66. The zero-order chi connectivity index (χ0) is 14.8. The van der Waals surface area contributed by atoms with Crippen LogP contribution in [0.3, 0.4) is 0 Å². The number of hydrogen-bond donors (Lipinski definition) is 1. The van der Waals surface area contributed by atoms with Crippen molar-refractivity contribution in [1.29, 1.82) is 0 Å². The van der Waals surface area contributed by atoms with E-state index in [1.54, 1.807) is 24.3 Å². The van der Waals surface area contributed by atoms with Crippen molar-refractivity contribution in [3.63, 3.8) is 0 Å². The lowest BCUT2D eigenvalue weighted by molar-refractivity contribution is 0.103. The van der Waals surface area contributed by atoms with E-state index in [-0.39, 0.29) is 17.4 Å². The van der Waals surface area contributed by atoms with Crippen LogP contribution in [0, 0.1) is 0 Å². The molecule has 1 N–H and O–H groups in total. The molecule has 0 unspecified atom stereocenters. The Balaban J connectivity index is 1.95. The van der Waals surface area contributed by atoms with Gasteiger partial charge in [0.25, 0.3) is 0 Å². The summed E-state index contributed by atoms with van der Waals surface area (Å²) in [7, 11) is 1.46. The van der Waals surface area contributed by atoms with Crippen LogP contribution in [0.15, 0.2) is 30.3 Å². The van der Waals surface area contributed by atoms with Gasteiger partial charge in [-0.25, -0.2) is 4.98 Å². The quantitative estimate of drug-likeness (QED) is 0.884. The fourth-order valence-electron chi connectivity index (χ4n) is 2.12. The molecule has 0 amide bonds. The first-order chi connectivity index (χ1) is 10.2. The number of halogens is 1. The zero-order valence-corrected chi connectivity index (χ0v) is 12.1. The molecule has 0 radical (unpaired) electrons. The molecule has 0 spiro atoms. The molecule has 0 bridgehead atoms. The molecule has 1 aliphatic rings. The molecule has 2 aromatic rings. The molecule has 0 fully saturated rings. The van der Waals surface area contributed by atoms with Crippen LogP contribution in [0.5, 0.6) is 11.6 Å². The van der Waals surface area contributed by atoms with Crippen LogP contribution in [0.1, 0.15) is 16.1 Å². The van der Waals surface area contributed by atoms with Crippen molar-refractivity contribution in [2.75, 3.05) is 25.6 Å². The standard InChI is InChI=1S/C15H13ClN2O3/c1-20-15-10(16)3-5-12(18-15)14(19)9-2-4-11-13(8-9)21-7-6-17-11/h2-5,8,17H,6-7H2,1H3. The second kappa shape index (κ2) is 5.61. The summed E-state index contributed by atoms with van der Waals surface area (Å²) in [4.78, 5) is 16.6. The molecule has 1 aliphatic heterocycles. The number of rotatable bonds is 3. The van der Waals surface area contributed by atoms with Gasteiger partial charge >= 0.3 is 0 Å². The molecule has 2 heterocycles. The lowest BCUT2D eigenvalue weighted by atomic mass is 10.1. The fourth-order valence-corrected chi connectivity index (χ4v) is 2.30. The van der Waals surface area contributed by atoms with Gasteiger partial charge in [0, 0.05) is 12.1 Å². The van der Waals surface area contributed by atoms with E-state index < -0.39 is 0 Å². The number of hydrogen-bond acceptors (Lipinski definition) is 5. The van der Waals surface area contributed by atoms with E-state index in [9.17, 15) is 4.79 Å². The summed E-state index contributed by atoms with van der Waals surface area (Å²) < 4.78 is 10.6. The summed E-state index contributed by atoms with van der Waals surface area (Å²) in [6.45, 7) is 1.34. The van der Waals surface area contributed by atoms with Gasteiger partial charge in [0.2, 0.25) is 11.7 Å². The highest BCUT2D eigenvalue weighted by molar-refractivity contribution is 6.32. The topological polar surface area (TPSA) is 60.5 Å². The summed E-state index contributed by atoms with van der Waals surface area (Å²) in [6.07, 6.45) is 0. The normalized spacial score (nSPS) is 12.9. The van der Waals surface area contributed by atoms with E-state index in [2.05, 4.69) is 10.3 Å². The molecule has 6 heteroatoms. The molecule has 5 nitrogen and oxygen atoms in total. The lowest BCUT2D eigenvalue weighted by Crippen LogP contribution is -2.18. The van der Waals surface area contributed by atoms with Crippen LogP contribution >= 0.6 is 11.6 Å². The molecular weight excluding hydrogens is 292 g/mol. The second-order valence-electron chi connectivity index (χ2n) is 4.50. The largest absolute Gasteiger partial charge is 0.490 e. The van der Waals surface area contributed by atoms with Crippen LogP contribution in [-0.2, 0) is 0 Å². The van der Waals surface area contributed by atoms with Gasteiger partial charge in [-0.2, -0.15) is 0 Å². The van der Waals surface area contributed by atoms with Crippen LogP contribution in [0.4, 0.5) is 5.69 Å². The maximum atomic E-state index is 12.5. The summed E-state index contributed by atoms with van der Waals surface area (Å²) >= 11 is 5.91. The van der Waals surface area contributed by atoms with Crippen LogP contribution in [-0.4, -0.2) is 31.0 Å². The third-order valence-electron chi connectivity index (χ3n) is 3.16. The molecule has 1 aromatic carbocycles. The van der Waals surface area contributed by atoms with E-state index in [4.69, 9.17) is 21.1 Å². The fraction of sp³-hybridized carbons (Fsp3) is 0.200.